The molecule has 24 heavy (non-hydrogen) atoms. The lowest BCUT2D eigenvalue weighted by molar-refractivity contribution is -0.137. The monoisotopic (exact) mass is 346 g/mol. The van der Waals surface area contributed by atoms with Crippen molar-refractivity contribution >= 4 is 0 Å². The van der Waals surface area contributed by atoms with E-state index in [1.54, 1.807) is 0 Å². The van der Waals surface area contributed by atoms with E-state index in [-0.39, 0.29) is 18.1 Å². The molecule has 0 amide bonds. The Bertz CT molecular complexity index is 562. The van der Waals surface area contributed by atoms with Gasteiger partial charge in [-0.25, -0.2) is 0 Å². The molecule has 2 unspecified atom stereocenters. The van der Waals surface area contributed by atoms with Crippen LogP contribution in [0.25, 0.3) is 0 Å². The number of nitrogens with one attached hydrogen (secondary N) is 2. The van der Waals surface area contributed by atoms with E-state index in [0.29, 0.717) is 12.6 Å². The van der Waals surface area contributed by atoms with Crippen LogP contribution in [-0.2, 0) is 6.18 Å². The lowest BCUT2D eigenvalue weighted by atomic mass is 10.1. The van der Waals surface area contributed by atoms with Gasteiger partial charge in [-0.15, -0.1) is 0 Å². The fraction of sp³-hybridized carbons (Fsp3) is 0.625. The zero-order valence-corrected chi connectivity index (χ0v) is 13.1. The number of piperidine rings is 1. The minimum absolute atomic E-state index is 0.0172. The van der Waals surface area contributed by atoms with Crippen LogP contribution in [-0.4, -0.2) is 49.6 Å². The molecule has 8 heteroatoms. The molecule has 5 nitrogen and oxygen atoms in total. The van der Waals surface area contributed by atoms with Gasteiger partial charge in [0.2, 0.25) is 0 Å². The third-order valence-corrected chi connectivity index (χ3v) is 4.34. The van der Waals surface area contributed by atoms with Crippen molar-refractivity contribution in [3.63, 3.8) is 0 Å². The molecule has 1 fully saturated rings. The fourth-order valence-corrected chi connectivity index (χ4v) is 2.90. The molecule has 0 saturated carbocycles. The number of benzene rings is 1. The summed E-state index contributed by atoms with van der Waals surface area (Å²) < 4.78 is 49.0. The molecule has 2 aliphatic rings. The van der Waals surface area contributed by atoms with Crippen LogP contribution in [0.3, 0.4) is 0 Å². The summed E-state index contributed by atoms with van der Waals surface area (Å²) in [6.45, 7) is 2.27. The van der Waals surface area contributed by atoms with Gasteiger partial charge in [0.25, 0.3) is 0 Å². The molecule has 0 spiro atoms. The number of aliphatic hydroxyl groups excluding tert-OH is 1. The number of rotatable bonds is 4. The third-order valence-electron chi connectivity index (χ3n) is 4.34. The highest BCUT2D eigenvalue weighted by Gasteiger charge is 2.34. The van der Waals surface area contributed by atoms with Crippen molar-refractivity contribution in [1.82, 2.24) is 10.6 Å². The standard InChI is InChI=1S/C16H21F3N2O3/c17-16(18,19)10-1-2-13-14(7-10)23-9-15(24-13)12(22)8-21-11-3-5-20-6-4-11/h1-2,7,11-12,15,20-22H,3-6,8-9H2. The first kappa shape index (κ1) is 17.3. The normalized spacial score (nSPS) is 23.1. The van der Waals surface area contributed by atoms with Crippen molar-refractivity contribution in [3.05, 3.63) is 23.8 Å². The van der Waals surface area contributed by atoms with Gasteiger partial charge in [-0.3, -0.25) is 0 Å². The smallest absolute Gasteiger partial charge is 0.416 e. The van der Waals surface area contributed by atoms with Gasteiger partial charge >= 0.3 is 6.18 Å². The summed E-state index contributed by atoms with van der Waals surface area (Å²) in [6, 6.07) is 3.46. The van der Waals surface area contributed by atoms with Gasteiger partial charge < -0.3 is 25.2 Å². The molecule has 1 aromatic carbocycles. The zero-order chi connectivity index (χ0) is 17.2. The van der Waals surface area contributed by atoms with Gasteiger partial charge in [0.05, 0.1) is 5.56 Å². The van der Waals surface area contributed by atoms with Gasteiger partial charge in [-0.05, 0) is 44.1 Å². The molecule has 2 atom stereocenters. The first-order valence-corrected chi connectivity index (χ1v) is 8.06. The highest BCUT2D eigenvalue weighted by atomic mass is 19.4. The second-order valence-electron chi connectivity index (χ2n) is 6.13. The Morgan fingerprint density at radius 2 is 2.00 bits per heavy atom. The van der Waals surface area contributed by atoms with Crippen LogP contribution in [0, 0.1) is 0 Å². The molecule has 1 saturated heterocycles. The first-order valence-electron chi connectivity index (χ1n) is 8.06. The molecule has 0 bridgehead atoms. The van der Waals surface area contributed by atoms with Crippen LogP contribution >= 0.6 is 0 Å². The summed E-state index contributed by atoms with van der Waals surface area (Å²) in [7, 11) is 0. The average molecular weight is 346 g/mol. The number of ether oxygens (including phenoxy) is 2. The lowest BCUT2D eigenvalue weighted by Crippen LogP contribution is -2.48. The Balaban J connectivity index is 1.56. The Labute approximate surface area is 138 Å². The van der Waals surface area contributed by atoms with Crippen molar-refractivity contribution in [1.29, 1.82) is 0 Å². The Morgan fingerprint density at radius 1 is 1.25 bits per heavy atom. The van der Waals surface area contributed by atoms with E-state index in [9.17, 15) is 18.3 Å². The SMILES string of the molecule is OC(CNC1CCNCC1)C1COc2cc(C(F)(F)F)ccc2O1. The maximum atomic E-state index is 12.7. The quantitative estimate of drug-likeness (QED) is 0.772. The second-order valence-corrected chi connectivity index (χ2v) is 6.13. The van der Waals surface area contributed by atoms with E-state index in [2.05, 4.69) is 10.6 Å². The van der Waals surface area contributed by atoms with Crippen LogP contribution < -0.4 is 20.1 Å². The molecule has 2 heterocycles. The van der Waals surface area contributed by atoms with Crippen molar-refractivity contribution in [2.24, 2.45) is 0 Å². The molecule has 3 rings (SSSR count). The molecule has 0 aromatic heterocycles. The predicted octanol–water partition coefficient (Wildman–Crippen LogP) is 1.55. The summed E-state index contributed by atoms with van der Waals surface area (Å²) >= 11 is 0. The molecule has 0 radical (unpaired) electrons. The molecule has 2 aliphatic heterocycles. The molecule has 0 aliphatic carbocycles. The van der Waals surface area contributed by atoms with Crippen LogP contribution in [0.5, 0.6) is 11.5 Å². The number of aliphatic hydroxyl groups is 1. The summed E-state index contributed by atoms with van der Waals surface area (Å²) in [5.74, 6) is 0.278. The van der Waals surface area contributed by atoms with Crippen molar-refractivity contribution in [3.8, 4) is 11.5 Å². The number of hydrogen-bond acceptors (Lipinski definition) is 5. The summed E-state index contributed by atoms with van der Waals surface area (Å²) in [5.41, 5.74) is -0.781. The number of fused-ring (bicyclic) bond motifs is 1. The van der Waals surface area contributed by atoms with E-state index < -0.39 is 23.9 Å². The van der Waals surface area contributed by atoms with Crippen LogP contribution in [0.4, 0.5) is 13.2 Å². The van der Waals surface area contributed by atoms with Crippen molar-refractivity contribution < 1.29 is 27.8 Å². The number of halogens is 3. The van der Waals surface area contributed by atoms with Crippen LogP contribution in [0.15, 0.2) is 18.2 Å². The van der Waals surface area contributed by atoms with Gasteiger partial charge in [0.15, 0.2) is 17.6 Å². The Hall–Kier alpha value is -1.51. The van der Waals surface area contributed by atoms with Gasteiger partial charge in [0, 0.05) is 12.6 Å². The van der Waals surface area contributed by atoms with E-state index in [1.807, 2.05) is 0 Å². The Kier molecular flexibility index (Phi) is 5.17. The third kappa shape index (κ3) is 4.12. The molecule has 1 aromatic rings. The van der Waals surface area contributed by atoms with E-state index in [0.717, 1.165) is 38.1 Å². The molecule has 134 valence electrons. The van der Waals surface area contributed by atoms with Crippen LogP contribution in [0.2, 0.25) is 0 Å². The zero-order valence-electron chi connectivity index (χ0n) is 13.1. The van der Waals surface area contributed by atoms with E-state index in [1.165, 1.54) is 6.07 Å². The maximum Gasteiger partial charge on any atom is 0.416 e. The topological polar surface area (TPSA) is 62.8 Å². The minimum Gasteiger partial charge on any atom is -0.486 e. The van der Waals surface area contributed by atoms with Gasteiger partial charge in [0.1, 0.15) is 12.7 Å². The molecular weight excluding hydrogens is 325 g/mol. The molecular formula is C16H21F3N2O3. The first-order chi connectivity index (χ1) is 11.4. The van der Waals surface area contributed by atoms with E-state index >= 15 is 0 Å². The largest absolute Gasteiger partial charge is 0.486 e. The second kappa shape index (κ2) is 7.16. The lowest BCUT2D eigenvalue weighted by Gasteiger charge is -2.31. The van der Waals surface area contributed by atoms with Gasteiger partial charge in [-0.1, -0.05) is 0 Å². The van der Waals surface area contributed by atoms with E-state index in [4.69, 9.17) is 9.47 Å². The fourth-order valence-electron chi connectivity index (χ4n) is 2.90. The molecule has 3 N–H and O–H groups in total. The summed E-state index contributed by atoms with van der Waals surface area (Å²) in [5, 5.41) is 16.8. The highest BCUT2D eigenvalue weighted by Crippen LogP contribution is 2.38. The van der Waals surface area contributed by atoms with Crippen molar-refractivity contribution in [2.75, 3.05) is 26.2 Å². The number of alkyl halides is 3. The number of hydrogen-bond donors (Lipinski definition) is 3. The minimum atomic E-state index is -4.42. The summed E-state index contributed by atoms with van der Waals surface area (Å²) in [4.78, 5) is 0. The summed E-state index contributed by atoms with van der Waals surface area (Å²) in [6.07, 6.45) is -3.83. The maximum absolute atomic E-state index is 12.7. The average Bonchev–Trinajstić information content (AvgIpc) is 2.59. The van der Waals surface area contributed by atoms with Gasteiger partial charge in [-0.2, -0.15) is 13.2 Å². The van der Waals surface area contributed by atoms with Crippen LogP contribution in [0.1, 0.15) is 18.4 Å². The highest BCUT2D eigenvalue weighted by molar-refractivity contribution is 5.45. The van der Waals surface area contributed by atoms with Crippen molar-refractivity contribution in [2.45, 2.75) is 37.3 Å². The Morgan fingerprint density at radius 3 is 2.71 bits per heavy atom. The predicted molar refractivity (Wildman–Crippen MR) is 81.3 cm³/mol.